The number of ether oxygens (including phenoxy) is 1. The number of carbonyl (C=O) groups is 1. The number of hydrogen-bond donors (Lipinski definition) is 1. The number of rotatable bonds is 7. The first-order chi connectivity index (χ1) is 13.0. The zero-order valence-electron chi connectivity index (χ0n) is 15.3. The van der Waals surface area contributed by atoms with E-state index in [2.05, 4.69) is 10.2 Å². The van der Waals surface area contributed by atoms with E-state index in [1.165, 1.54) is 11.3 Å². The predicted molar refractivity (Wildman–Crippen MR) is 109 cm³/mol. The number of morpholine rings is 1. The second-order valence-electron chi connectivity index (χ2n) is 6.29. The predicted octanol–water partition coefficient (Wildman–Crippen LogP) is 2.42. The van der Waals surface area contributed by atoms with Crippen molar-refractivity contribution in [1.82, 2.24) is 5.32 Å². The molecule has 0 saturated carbocycles. The molecule has 1 amide bonds. The van der Waals surface area contributed by atoms with Gasteiger partial charge in [-0.3, -0.25) is 4.79 Å². The third-order valence-corrected chi connectivity index (χ3v) is 7.36. The largest absolute Gasteiger partial charge is 0.378 e. The first kappa shape index (κ1) is 19.9. The molecule has 0 spiro atoms. The molecule has 1 aliphatic rings. The van der Waals surface area contributed by atoms with Crippen LogP contribution in [0.15, 0.2) is 36.4 Å². The Morgan fingerprint density at radius 2 is 1.93 bits per heavy atom. The molecule has 27 heavy (non-hydrogen) atoms. The molecule has 0 aliphatic carbocycles. The van der Waals surface area contributed by atoms with Gasteiger partial charge in [0.1, 0.15) is 0 Å². The molecule has 0 bridgehead atoms. The number of anilines is 1. The number of carbonyl (C=O) groups excluding carboxylic acids is 1. The van der Waals surface area contributed by atoms with E-state index in [1.54, 1.807) is 6.92 Å². The Bertz CT molecular complexity index is 872. The van der Waals surface area contributed by atoms with Crippen molar-refractivity contribution in [3.05, 3.63) is 41.3 Å². The lowest BCUT2D eigenvalue weighted by Gasteiger charge is -2.28. The number of nitrogens with zero attached hydrogens (tertiary/aromatic N) is 1. The minimum atomic E-state index is -3.09. The van der Waals surface area contributed by atoms with E-state index in [0.717, 1.165) is 29.2 Å². The lowest BCUT2D eigenvalue weighted by Crippen LogP contribution is -2.35. The summed E-state index contributed by atoms with van der Waals surface area (Å²) in [4.78, 5) is 15.4. The molecule has 2 heterocycles. The summed E-state index contributed by atoms with van der Waals surface area (Å²) < 4.78 is 28.6. The highest BCUT2D eigenvalue weighted by Crippen LogP contribution is 2.39. The van der Waals surface area contributed by atoms with Gasteiger partial charge in [-0.25, -0.2) is 8.42 Å². The summed E-state index contributed by atoms with van der Waals surface area (Å²) in [7, 11) is -3.09. The van der Waals surface area contributed by atoms with E-state index < -0.39 is 9.84 Å². The monoisotopic (exact) mass is 408 g/mol. The maximum atomic E-state index is 12.6. The number of sulfone groups is 1. The van der Waals surface area contributed by atoms with Gasteiger partial charge in [0.25, 0.3) is 5.91 Å². The van der Waals surface area contributed by atoms with E-state index in [4.69, 9.17) is 4.74 Å². The number of nitrogens with one attached hydrogen (secondary N) is 1. The van der Waals surface area contributed by atoms with E-state index in [-0.39, 0.29) is 24.0 Å². The van der Waals surface area contributed by atoms with Crippen molar-refractivity contribution in [3.8, 4) is 11.1 Å². The van der Waals surface area contributed by atoms with Crippen LogP contribution in [0.4, 0.5) is 5.00 Å². The van der Waals surface area contributed by atoms with Crippen molar-refractivity contribution in [1.29, 1.82) is 0 Å². The minimum absolute atomic E-state index is 0.0392. The van der Waals surface area contributed by atoms with Crippen LogP contribution in [0.3, 0.4) is 0 Å². The van der Waals surface area contributed by atoms with Crippen molar-refractivity contribution in [2.45, 2.75) is 6.92 Å². The Kier molecular flexibility index (Phi) is 6.51. The Morgan fingerprint density at radius 1 is 1.22 bits per heavy atom. The Morgan fingerprint density at radius 3 is 2.59 bits per heavy atom. The molecule has 146 valence electrons. The zero-order valence-corrected chi connectivity index (χ0v) is 16.9. The Labute approximate surface area is 164 Å². The molecule has 2 aromatic rings. The van der Waals surface area contributed by atoms with Gasteiger partial charge in [-0.15, -0.1) is 11.3 Å². The molecule has 1 aliphatic heterocycles. The standard InChI is InChI=1S/C19H24N2O4S2/c1-2-27(23,24)13-8-20-18(22)17-14-16(15-6-4-3-5-7-15)19(26-17)21-9-11-25-12-10-21/h3-7,14H,2,8-13H2,1H3,(H,20,22). The molecule has 3 rings (SSSR count). The highest BCUT2D eigenvalue weighted by Gasteiger charge is 2.22. The van der Waals surface area contributed by atoms with Crippen molar-refractivity contribution in [2.24, 2.45) is 0 Å². The average Bonchev–Trinajstić information content (AvgIpc) is 3.15. The van der Waals surface area contributed by atoms with Gasteiger partial charge in [0, 0.05) is 31.0 Å². The van der Waals surface area contributed by atoms with Gasteiger partial charge in [0.2, 0.25) is 0 Å². The Hall–Kier alpha value is -1.90. The average molecular weight is 409 g/mol. The lowest BCUT2D eigenvalue weighted by atomic mass is 10.1. The smallest absolute Gasteiger partial charge is 0.261 e. The van der Waals surface area contributed by atoms with Crippen LogP contribution < -0.4 is 10.2 Å². The van der Waals surface area contributed by atoms with Gasteiger partial charge in [-0.2, -0.15) is 0 Å². The normalized spacial score (nSPS) is 14.9. The third-order valence-electron chi connectivity index (χ3n) is 4.46. The van der Waals surface area contributed by atoms with E-state index in [0.29, 0.717) is 18.1 Å². The van der Waals surface area contributed by atoms with Crippen LogP contribution in [0, 0.1) is 0 Å². The van der Waals surface area contributed by atoms with E-state index in [9.17, 15) is 13.2 Å². The van der Waals surface area contributed by atoms with Crippen LogP contribution in [0.25, 0.3) is 11.1 Å². The molecule has 0 atom stereocenters. The van der Waals surface area contributed by atoms with Gasteiger partial charge in [0.05, 0.1) is 28.8 Å². The topological polar surface area (TPSA) is 75.7 Å². The van der Waals surface area contributed by atoms with E-state index >= 15 is 0 Å². The number of benzene rings is 1. The molecule has 8 heteroatoms. The van der Waals surface area contributed by atoms with Gasteiger partial charge < -0.3 is 15.0 Å². The minimum Gasteiger partial charge on any atom is -0.378 e. The van der Waals surface area contributed by atoms with Gasteiger partial charge in [0.15, 0.2) is 9.84 Å². The van der Waals surface area contributed by atoms with Crippen molar-refractivity contribution in [2.75, 3.05) is 49.3 Å². The number of amides is 1. The summed E-state index contributed by atoms with van der Waals surface area (Å²) >= 11 is 1.44. The van der Waals surface area contributed by atoms with Crippen LogP contribution in [-0.4, -0.2) is 58.7 Å². The van der Waals surface area contributed by atoms with Crippen LogP contribution >= 0.6 is 11.3 Å². The van der Waals surface area contributed by atoms with Crippen LogP contribution in [-0.2, 0) is 14.6 Å². The fraction of sp³-hybridized carbons (Fsp3) is 0.421. The number of thiophene rings is 1. The van der Waals surface area contributed by atoms with Crippen LogP contribution in [0.5, 0.6) is 0 Å². The summed E-state index contributed by atoms with van der Waals surface area (Å²) in [5, 5.41) is 3.79. The molecule has 1 saturated heterocycles. The van der Waals surface area contributed by atoms with Crippen LogP contribution in [0.1, 0.15) is 16.6 Å². The molecular weight excluding hydrogens is 384 g/mol. The lowest BCUT2D eigenvalue weighted by molar-refractivity contribution is 0.0960. The summed E-state index contributed by atoms with van der Waals surface area (Å²) in [5.74, 6) is -0.188. The number of hydrogen-bond acceptors (Lipinski definition) is 6. The Balaban J connectivity index is 1.81. The third kappa shape index (κ3) is 5.09. The maximum absolute atomic E-state index is 12.6. The van der Waals surface area contributed by atoms with Crippen LogP contribution in [0.2, 0.25) is 0 Å². The second-order valence-corrected chi connectivity index (χ2v) is 9.79. The van der Waals surface area contributed by atoms with Gasteiger partial charge in [-0.1, -0.05) is 37.3 Å². The molecule has 1 aromatic heterocycles. The van der Waals surface area contributed by atoms with Crippen molar-refractivity contribution >= 4 is 32.1 Å². The second kappa shape index (κ2) is 8.86. The molecule has 0 radical (unpaired) electrons. The summed E-state index contributed by atoms with van der Waals surface area (Å²) in [6, 6.07) is 11.9. The molecule has 6 nitrogen and oxygen atoms in total. The molecule has 1 fully saturated rings. The summed E-state index contributed by atoms with van der Waals surface area (Å²) in [6.45, 7) is 4.65. The first-order valence-electron chi connectivity index (χ1n) is 9.01. The molecule has 1 N–H and O–H groups in total. The summed E-state index contributed by atoms with van der Waals surface area (Å²) in [5.41, 5.74) is 2.08. The molecule has 0 unspecified atom stereocenters. The zero-order chi connectivity index (χ0) is 19.3. The highest BCUT2D eigenvalue weighted by atomic mass is 32.2. The maximum Gasteiger partial charge on any atom is 0.261 e. The van der Waals surface area contributed by atoms with Crippen molar-refractivity contribution < 1.29 is 17.9 Å². The molecule has 1 aromatic carbocycles. The van der Waals surface area contributed by atoms with Gasteiger partial charge in [-0.05, 0) is 11.6 Å². The van der Waals surface area contributed by atoms with Gasteiger partial charge >= 0.3 is 0 Å². The molecular formula is C19H24N2O4S2. The van der Waals surface area contributed by atoms with E-state index in [1.807, 2.05) is 36.4 Å². The first-order valence-corrected chi connectivity index (χ1v) is 11.6. The SMILES string of the molecule is CCS(=O)(=O)CCNC(=O)c1cc(-c2ccccc2)c(N2CCOCC2)s1. The highest BCUT2D eigenvalue weighted by molar-refractivity contribution is 7.91. The van der Waals surface area contributed by atoms with Crippen molar-refractivity contribution in [3.63, 3.8) is 0 Å². The summed E-state index contributed by atoms with van der Waals surface area (Å²) in [6.07, 6.45) is 0. The fourth-order valence-corrected chi connectivity index (χ4v) is 4.72. The fourth-order valence-electron chi connectivity index (χ4n) is 2.87. The quantitative estimate of drug-likeness (QED) is 0.761.